The quantitative estimate of drug-likeness (QED) is 0.175. The smallest absolute Gasteiger partial charge is 0.131 e. The first kappa shape index (κ1) is 26.8. The molecule has 0 aliphatic heterocycles. The fourth-order valence-electron chi connectivity index (χ4n) is 7.62. The Hall–Kier alpha value is -6.39. The topological polar surface area (TPSA) is 13.1 Å². The van der Waals surface area contributed by atoms with Crippen LogP contribution in [-0.4, -0.2) is 9.13 Å². The lowest BCUT2D eigenvalue weighted by Gasteiger charge is -2.29. The maximum Gasteiger partial charge on any atom is 0.131 e. The van der Waals surface area contributed by atoms with Gasteiger partial charge in [-0.25, -0.2) is 4.39 Å². The van der Waals surface area contributed by atoms with Crippen molar-refractivity contribution in [1.82, 2.24) is 9.13 Å². The van der Waals surface area contributed by atoms with Crippen LogP contribution in [0.2, 0.25) is 0 Å². The molecular formula is C44H28FN3. The lowest BCUT2D eigenvalue weighted by Crippen LogP contribution is -2.17. The molecule has 10 rings (SSSR count). The van der Waals surface area contributed by atoms with Gasteiger partial charge in [0.15, 0.2) is 0 Å². The molecule has 226 valence electrons. The van der Waals surface area contributed by atoms with Crippen LogP contribution in [0.5, 0.6) is 0 Å². The second-order valence-corrected chi connectivity index (χ2v) is 12.4. The Morgan fingerprint density at radius 2 is 0.854 bits per heavy atom. The van der Waals surface area contributed by atoms with E-state index in [1.54, 1.807) is 6.07 Å². The summed E-state index contributed by atoms with van der Waals surface area (Å²) in [4.78, 5) is 2.39. The van der Waals surface area contributed by atoms with Crippen molar-refractivity contribution in [1.29, 1.82) is 0 Å². The Bertz CT molecular complexity index is 2680. The largest absolute Gasteiger partial charge is 0.295 e. The molecule has 0 atom stereocenters. The molecule has 0 N–H and O–H groups in total. The summed E-state index contributed by atoms with van der Waals surface area (Å²) in [7, 11) is 0. The Morgan fingerprint density at radius 3 is 1.44 bits per heavy atom. The molecule has 8 aromatic carbocycles. The Kier molecular flexibility index (Phi) is 5.75. The number of benzene rings is 8. The van der Waals surface area contributed by atoms with E-state index in [0.717, 1.165) is 77.4 Å². The van der Waals surface area contributed by atoms with Gasteiger partial charge in [0, 0.05) is 38.3 Å². The predicted octanol–water partition coefficient (Wildman–Crippen LogP) is 12.1. The molecule has 48 heavy (non-hydrogen) atoms. The first-order chi connectivity index (χ1) is 23.7. The minimum absolute atomic E-state index is 0.201. The van der Waals surface area contributed by atoms with Crippen molar-refractivity contribution >= 4 is 71.4 Å². The van der Waals surface area contributed by atoms with E-state index >= 15 is 4.39 Å². The van der Waals surface area contributed by atoms with Crippen molar-refractivity contribution < 1.29 is 4.39 Å². The predicted molar refractivity (Wildman–Crippen MR) is 198 cm³/mol. The van der Waals surface area contributed by atoms with Crippen molar-refractivity contribution in [2.24, 2.45) is 0 Å². The number of halogens is 1. The van der Waals surface area contributed by atoms with Crippen molar-refractivity contribution in [2.75, 3.05) is 4.90 Å². The minimum atomic E-state index is -0.201. The summed E-state index contributed by atoms with van der Waals surface area (Å²) in [6.45, 7) is 0. The van der Waals surface area contributed by atoms with Crippen LogP contribution in [0.1, 0.15) is 0 Å². The van der Waals surface area contributed by atoms with E-state index in [-0.39, 0.29) is 5.82 Å². The maximum atomic E-state index is 15.3. The fourth-order valence-corrected chi connectivity index (χ4v) is 7.62. The molecule has 0 unspecified atom stereocenters. The van der Waals surface area contributed by atoms with Gasteiger partial charge in [-0.05, 0) is 76.8 Å². The van der Waals surface area contributed by atoms with Gasteiger partial charge < -0.3 is 0 Å². The second-order valence-electron chi connectivity index (χ2n) is 12.4. The van der Waals surface area contributed by atoms with E-state index in [0.29, 0.717) is 5.39 Å². The lowest BCUT2D eigenvalue weighted by molar-refractivity contribution is 0.640. The van der Waals surface area contributed by atoms with E-state index in [2.05, 4.69) is 160 Å². The van der Waals surface area contributed by atoms with Crippen molar-refractivity contribution in [2.45, 2.75) is 0 Å². The number of hydrogen-bond donors (Lipinski definition) is 0. The summed E-state index contributed by atoms with van der Waals surface area (Å²) >= 11 is 0. The molecule has 2 heterocycles. The van der Waals surface area contributed by atoms with E-state index in [9.17, 15) is 0 Å². The Labute approximate surface area is 276 Å². The molecular weight excluding hydrogens is 590 g/mol. The van der Waals surface area contributed by atoms with Crippen LogP contribution in [0.15, 0.2) is 170 Å². The average Bonchev–Trinajstić information content (AvgIpc) is 3.72. The normalized spacial score (nSPS) is 11.9. The molecule has 2 aromatic heterocycles. The third kappa shape index (κ3) is 3.86. The zero-order valence-electron chi connectivity index (χ0n) is 25.9. The van der Waals surface area contributed by atoms with Gasteiger partial charge in [-0.1, -0.05) is 109 Å². The lowest BCUT2D eigenvalue weighted by atomic mass is 9.93. The van der Waals surface area contributed by atoms with E-state index in [1.807, 2.05) is 18.2 Å². The molecule has 0 amide bonds. The minimum Gasteiger partial charge on any atom is -0.295 e. The zero-order valence-corrected chi connectivity index (χ0v) is 25.9. The van der Waals surface area contributed by atoms with E-state index in [1.165, 1.54) is 0 Å². The standard InChI is InChI=1S/C44H28FN3/c45-37-25-21-29-20-24-36-40(26-22-30-19-23-35(37)43(29)44(30)36)48(41-27-31-11-7-9-17-38(31)46(41)33-13-3-1-4-14-33)42-28-32-12-8-10-18-39(32)47(42)34-15-5-2-6-16-34/h1-28H. The van der Waals surface area contributed by atoms with Crippen LogP contribution < -0.4 is 4.90 Å². The first-order valence-corrected chi connectivity index (χ1v) is 16.2. The van der Waals surface area contributed by atoms with E-state index in [4.69, 9.17) is 0 Å². The number of hydrogen-bond acceptors (Lipinski definition) is 1. The number of anilines is 3. The molecule has 0 spiro atoms. The zero-order chi connectivity index (χ0) is 31.8. The van der Waals surface area contributed by atoms with Crippen LogP contribution in [0.4, 0.5) is 21.7 Å². The summed E-state index contributed by atoms with van der Waals surface area (Å²) in [5, 5.41) is 8.13. The Balaban J connectivity index is 1.39. The van der Waals surface area contributed by atoms with Gasteiger partial charge in [-0.2, -0.15) is 0 Å². The van der Waals surface area contributed by atoms with Crippen LogP contribution in [0.25, 0.3) is 65.5 Å². The van der Waals surface area contributed by atoms with Gasteiger partial charge in [0.1, 0.15) is 17.5 Å². The summed E-state index contributed by atoms with van der Waals surface area (Å²) in [5.74, 6) is 1.81. The third-order valence-corrected chi connectivity index (χ3v) is 9.70. The summed E-state index contributed by atoms with van der Waals surface area (Å²) < 4.78 is 20.0. The summed E-state index contributed by atoms with van der Waals surface area (Å²) in [6.07, 6.45) is 0. The number of nitrogens with zero attached hydrogens (tertiary/aromatic N) is 3. The molecule has 10 aromatic rings. The highest BCUT2D eigenvalue weighted by atomic mass is 19.1. The molecule has 0 aliphatic rings. The SMILES string of the molecule is Fc1ccc2ccc3c(N(c4cc5ccccc5n4-c4ccccc4)c4cc5ccccc5n4-c4ccccc4)ccc4ccc1c2c43. The van der Waals surface area contributed by atoms with Crippen LogP contribution in [-0.2, 0) is 0 Å². The monoisotopic (exact) mass is 617 g/mol. The van der Waals surface area contributed by atoms with E-state index < -0.39 is 0 Å². The van der Waals surface area contributed by atoms with Gasteiger partial charge in [0.05, 0.1) is 16.7 Å². The second kappa shape index (κ2) is 10.3. The summed E-state index contributed by atoms with van der Waals surface area (Å²) in [5.41, 5.74) is 5.39. The van der Waals surface area contributed by atoms with Gasteiger partial charge >= 0.3 is 0 Å². The molecule has 0 radical (unpaired) electrons. The van der Waals surface area contributed by atoms with Crippen molar-refractivity contribution in [3.63, 3.8) is 0 Å². The number of para-hydroxylation sites is 4. The molecule has 0 saturated heterocycles. The third-order valence-electron chi connectivity index (χ3n) is 9.70. The molecule has 0 aliphatic carbocycles. The van der Waals surface area contributed by atoms with Gasteiger partial charge in [0.2, 0.25) is 0 Å². The number of rotatable bonds is 5. The molecule has 3 nitrogen and oxygen atoms in total. The molecule has 0 saturated carbocycles. The average molecular weight is 618 g/mol. The summed E-state index contributed by atoms with van der Waals surface area (Å²) in [6, 6.07) is 58.9. The van der Waals surface area contributed by atoms with Crippen molar-refractivity contribution in [3.05, 3.63) is 176 Å². The highest BCUT2D eigenvalue weighted by molar-refractivity contribution is 6.26. The maximum absolute atomic E-state index is 15.3. The fraction of sp³-hybridized carbons (Fsp3) is 0. The van der Waals surface area contributed by atoms with Gasteiger partial charge in [0.25, 0.3) is 0 Å². The first-order valence-electron chi connectivity index (χ1n) is 16.2. The van der Waals surface area contributed by atoms with Gasteiger partial charge in [-0.15, -0.1) is 0 Å². The Morgan fingerprint density at radius 1 is 0.396 bits per heavy atom. The van der Waals surface area contributed by atoms with Crippen molar-refractivity contribution in [3.8, 4) is 11.4 Å². The molecule has 0 fully saturated rings. The highest BCUT2D eigenvalue weighted by Crippen LogP contribution is 2.47. The van der Waals surface area contributed by atoms with Crippen LogP contribution in [0, 0.1) is 5.82 Å². The highest BCUT2D eigenvalue weighted by Gasteiger charge is 2.27. The molecule has 4 heteroatoms. The van der Waals surface area contributed by atoms with Gasteiger partial charge in [-0.3, -0.25) is 14.0 Å². The number of aromatic nitrogens is 2. The number of fused-ring (bicyclic) bond motifs is 2. The molecule has 0 bridgehead atoms. The van der Waals surface area contributed by atoms with Crippen LogP contribution >= 0.6 is 0 Å². The van der Waals surface area contributed by atoms with Crippen LogP contribution in [0.3, 0.4) is 0 Å².